The Bertz CT molecular complexity index is 1900. The maximum atomic E-state index is 13.0. The van der Waals surface area contributed by atoms with Crippen molar-refractivity contribution in [2.75, 3.05) is 39.6 Å². The zero-order valence-electron chi connectivity index (χ0n) is 59.5. The van der Waals surface area contributed by atoms with E-state index < -0.39 is 97.5 Å². The largest absolute Gasteiger partial charge is 0.472 e. The van der Waals surface area contributed by atoms with Crippen LogP contribution in [0.3, 0.4) is 0 Å². The average Bonchev–Trinajstić information content (AvgIpc) is 3.43. The minimum Gasteiger partial charge on any atom is -0.462 e. The average molecular weight is 1350 g/mol. The highest BCUT2D eigenvalue weighted by atomic mass is 31.2. The van der Waals surface area contributed by atoms with Crippen LogP contribution in [0.15, 0.2) is 24.3 Å². The molecule has 3 N–H and O–H groups in total. The molecule has 3 unspecified atom stereocenters. The number of phosphoric ester groups is 2. The first-order valence-electron chi connectivity index (χ1n) is 37.2. The number of hydrogen-bond donors (Lipinski definition) is 3. The van der Waals surface area contributed by atoms with Crippen LogP contribution in [0.25, 0.3) is 0 Å². The van der Waals surface area contributed by atoms with Gasteiger partial charge in [0.25, 0.3) is 0 Å². The van der Waals surface area contributed by atoms with Crippen LogP contribution in [0.2, 0.25) is 0 Å². The van der Waals surface area contributed by atoms with Crippen LogP contribution in [0.5, 0.6) is 0 Å². The second-order valence-electron chi connectivity index (χ2n) is 26.8. The number of allylic oxidation sites excluding steroid dienone is 4. The number of esters is 4. The van der Waals surface area contributed by atoms with Gasteiger partial charge in [-0.25, -0.2) is 9.13 Å². The molecule has 19 heteroatoms. The Balaban J connectivity index is 5.22. The van der Waals surface area contributed by atoms with E-state index in [0.717, 1.165) is 115 Å². The van der Waals surface area contributed by atoms with Crippen molar-refractivity contribution in [2.24, 2.45) is 17.8 Å². The molecule has 0 aromatic carbocycles. The Hall–Kier alpha value is -2.46. The summed E-state index contributed by atoms with van der Waals surface area (Å²) < 4.78 is 68.3. The molecule has 6 atom stereocenters. The summed E-state index contributed by atoms with van der Waals surface area (Å²) in [5.74, 6) is 0.0608. The fourth-order valence-corrected chi connectivity index (χ4v) is 12.1. The Labute approximate surface area is 561 Å². The molecule has 0 bridgehead atoms. The van der Waals surface area contributed by atoms with Gasteiger partial charge in [0, 0.05) is 25.7 Å². The first-order valence-corrected chi connectivity index (χ1v) is 40.2. The van der Waals surface area contributed by atoms with E-state index in [1.807, 2.05) is 0 Å². The van der Waals surface area contributed by atoms with E-state index in [1.165, 1.54) is 135 Å². The molecule has 0 aliphatic carbocycles. The molecule has 0 rings (SSSR count). The van der Waals surface area contributed by atoms with Gasteiger partial charge in [0.15, 0.2) is 12.2 Å². The van der Waals surface area contributed by atoms with Crippen LogP contribution in [0, 0.1) is 17.8 Å². The van der Waals surface area contributed by atoms with Gasteiger partial charge in [-0.2, -0.15) is 0 Å². The van der Waals surface area contributed by atoms with E-state index in [9.17, 15) is 43.2 Å². The quantitative estimate of drug-likeness (QED) is 0.0169. The molecule has 0 saturated heterocycles. The lowest BCUT2D eigenvalue weighted by atomic mass is 9.99. The predicted molar refractivity (Wildman–Crippen MR) is 372 cm³/mol. The lowest BCUT2D eigenvalue weighted by molar-refractivity contribution is -0.161. The molecule has 0 aliphatic heterocycles. The molecular weight excluding hydrogens is 1210 g/mol. The topological polar surface area (TPSA) is 237 Å². The summed E-state index contributed by atoms with van der Waals surface area (Å²) in [4.78, 5) is 72.6. The van der Waals surface area contributed by atoms with E-state index in [-0.39, 0.29) is 25.7 Å². The summed E-state index contributed by atoms with van der Waals surface area (Å²) >= 11 is 0. The number of ether oxygens (including phenoxy) is 4. The Kier molecular flexibility index (Phi) is 61.6. The molecule has 0 heterocycles. The summed E-state index contributed by atoms with van der Waals surface area (Å²) in [6.07, 6.45) is 51.0. The van der Waals surface area contributed by atoms with Gasteiger partial charge < -0.3 is 33.8 Å². The lowest BCUT2D eigenvalue weighted by Gasteiger charge is -2.21. The van der Waals surface area contributed by atoms with E-state index in [0.29, 0.717) is 37.5 Å². The molecule has 0 saturated carbocycles. The third kappa shape index (κ3) is 64.9. The molecule has 542 valence electrons. The zero-order chi connectivity index (χ0) is 68.0. The molecule has 92 heavy (non-hydrogen) atoms. The van der Waals surface area contributed by atoms with Gasteiger partial charge in [0.05, 0.1) is 26.4 Å². The summed E-state index contributed by atoms with van der Waals surface area (Å²) in [5, 5.41) is 10.6. The Morgan fingerprint density at radius 2 is 0.641 bits per heavy atom. The predicted octanol–water partition coefficient (Wildman–Crippen LogP) is 20.6. The Morgan fingerprint density at radius 1 is 0.359 bits per heavy atom. The molecule has 17 nitrogen and oxygen atoms in total. The van der Waals surface area contributed by atoms with Crippen molar-refractivity contribution >= 4 is 39.5 Å². The van der Waals surface area contributed by atoms with Crippen molar-refractivity contribution in [3.05, 3.63) is 24.3 Å². The number of aliphatic hydroxyl groups is 1. The van der Waals surface area contributed by atoms with Crippen molar-refractivity contribution in [3.8, 4) is 0 Å². The van der Waals surface area contributed by atoms with Gasteiger partial charge >= 0.3 is 39.5 Å². The van der Waals surface area contributed by atoms with Crippen LogP contribution in [-0.2, 0) is 65.4 Å². The normalized spacial score (nSPS) is 14.6. The van der Waals surface area contributed by atoms with E-state index in [4.69, 9.17) is 37.0 Å². The maximum absolute atomic E-state index is 13.0. The number of hydrogen-bond acceptors (Lipinski definition) is 15. The maximum Gasteiger partial charge on any atom is 0.472 e. The van der Waals surface area contributed by atoms with Gasteiger partial charge in [-0.05, 0) is 69.1 Å². The third-order valence-electron chi connectivity index (χ3n) is 16.6. The molecule has 0 spiro atoms. The number of rotatable bonds is 69. The number of unbranched alkanes of at least 4 members (excludes halogenated alkanes) is 33. The van der Waals surface area contributed by atoms with Crippen molar-refractivity contribution in [1.82, 2.24) is 0 Å². The fraction of sp³-hybridized carbons (Fsp3) is 0.890. The molecule has 0 aliphatic rings. The second-order valence-corrected chi connectivity index (χ2v) is 29.7. The molecule has 0 amide bonds. The standard InChI is InChI=1S/C73H138O17P2/c1-8-10-11-12-13-14-15-16-17-22-25-28-33-42-49-56-72(77)89-69(61-84-71(76)55-48-41-36-35-38-45-52-65(5)6)63-88-92(81,82)86-59-67(74)58-85-91(79,80)87-62-68(90-73(78)57-50-43-34-29-30-37-44-51-64(3)4)60-83-70(75)54-47-40-32-27-24-21-19-18-20-23-26-31-39-46-53-66(7)9-2/h14-17,64-69,74H,8-13,18-63H2,1-7H3,(H,79,80)(H,81,82)/b15-14-,17-16-/t66?,67-,68-,69-/m1/s1. The smallest absolute Gasteiger partial charge is 0.462 e. The van der Waals surface area contributed by atoms with Gasteiger partial charge in [-0.15, -0.1) is 0 Å². The van der Waals surface area contributed by atoms with Gasteiger partial charge in [0.2, 0.25) is 0 Å². The molecule has 0 radical (unpaired) electrons. The molecule has 0 aromatic heterocycles. The van der Waals surface area contributed by atoms with Crippen LogP contribution >= 0.6 is 15.6 Å². The summed E-state index contributed by atoms with van der Waals surface area (Å²) in [7, 11) is -9.92. The first kappa shape index (κ1) is 89.5. The fourth-order valence-electron chi connectivity index (χ4n) is 10.5. The number of aliphatic hydroxyl groups excluding tert-OH is 1. The van der Waals surface area contributed by atoms with Crippen LogP contribution in [0.4, 0.5) is 0 Å². The molecular formula is C73H138O17P2. The minimum absolute atomic E-state index is 0.0835. The monoisotopic (exact) mass is 1350 g/mol. The summed E-state index contributed by atoms with van der Waals surface area (Å²) in [6.45, 7) is 11.7. The highest BCUT2D eigenvalue weighted by Gasteiger charge is 2.30. The van der Waals surface area contributed by atoms with Gasteiger partial charge in [-0.1, -0.05) is 291 Å². The Morgan fingerprint density at radius 3 is 0.967 bits per heavy atom. The lowest BCUT2D eigenvalue weighted by Crippen LogP contribution is -2.30. The number of phosphoric acid groups is 2. The van der Waals surface area contributed by atoms with Crippen LogP contribution < -0.4 is 0 Å². The molecule has 0 fully saturated rings. The zero-order valence-corrected chi connectivity index (χ0v) is 61.3. The third-order valence-corrected chi connectivity index (χ3v) is 18.5. The SMILES string of the molecule is CCCCCC/C=C\C=C/CCCCCCCC(=O)O[C@H](COC(=O)CCCCCCCCC(C)C)COP(=O)(O)OC[C@H](O)COP(=O)(O)OC[C@@H](COC(=O)CCCCCCCCCCCCCCCCC(C)CC)OC(=O)CCCCCCCCCC(C)C. The van der Waals surface area contributed by atoms with Crippen LogP contribution in [0.1, 0.15) is 344 Å². The first-order chi connectivity index (χ1) is 44.3. The highest BCUT2D eigenvalue weighted by molar-refractivity contribution is 7.47. The van der Waals surface area contributed by atoms with E-state index >= 15 is 0 Å². The van der Waals surface area contributed by atoms with Gasteiger partial charge in [0.1, 0.15) is 19.3 Å². The van der Waals surface area contributed by atoms with Crippen molar-refractivity contribution in [3.63, 3.8) is 0 Å². The minimum atomic E-state index is -4.96. The highest BCUT2D eigenvalue weighted by Crippen LogP contribution is 2.45. The number of carbonyl (C=O) groups is 4. The number of carbonyl (C=O) groups excluding carboxylic acids is 4. The van der Waals surface area contributed by atoms with Crippen molar-refractivity contribution in [1.29, 1.82) is 0 Å². The van der Waals surface area contributed by atoms with Gasteiger partial charge in [-0.3, -0.25) is 37.3 Å². The van der Waals surface area contributed by atoms with E-state index in [1.54, 1.807) is 0 Å². The summed E-state index contributed by atoms with van der Waals surface area (Å²) in [6, 6.07) is 0. The van der Waals surface area contributed by atoms with Crippen molar-refractivity contribution < 1.29 is 80.2 Å². The van der Waals surface area contributed by atoms with E-state index in [2.05, 4.69) is 72.8 Å². The van der Waals surface area contributed by atoms with Crippen LogP contribution in [-0.4, -0.2) is 96.7 Å². The molecule has 0 aromatic rings. The second kappa shape index (κ2) is 63.3. The summed E-state index contributed by atoms with van der Waals surface area (Å²) in [5.41, 5.74) is 0. The van der Waals surface area contributed by atoms with Crippen molar-refractivity contribution in [2.45, 2.75) is 362 Å².